The van der Waals surface area contributed by atoms with E-state index in [1.165, 1.54) is 4.90 Å². The number of hydrogen-bond acceptors (Lipinski definition) is 3. The van der Waals surface area contributed by atoms with Gasteiger partial charge in [-0.15, -0.1) is 0 Å². The number of aromatic nitrogens is 1. The fourth-order valence-electron chi connectivity index (χ4n) is 2.04. The van der Waals surface area contributed by atoms with E-state index in [1.807, 2.05) is 17.7 Å². The number of carbonyl (C=O) groups is 1. The van der Waals surface area contributed by atoms with E-state index in [-0.39, 0.29) is 12.3 Å². The minimum absolute atomic E-state index is 0.309. The zero-order chi connectivity index (χ0) is 14.5. The highest BCUT2D eigenvalue weighted by Gasteiger charge is 2.17. The summed E-state index contributed by atoms with van der Waals surface area (Å²) in [7, 11) is 3.58. The fraction of sp³-hybridized carbons (Fsp3) is 0.615. The van der Waals surface area contributed by atoms with Crippen LogP contribution in [-0.2, 0) is 23.2 Å². The molecule has 1 fully saturated rings. The van der Waals surface area contributed by atoms with Crippen molar-refractivity contribution in [3.05, 3.63) is 23.0 Å². The number of ether oxygens (including phenoxy) is 1. The lowest BCUT2D eigenvalue weighted by molar-refractivity contribution is -0.187. The average Bonchev–Trinajstić information content (AvgIpc) is 2.75. The Morgan fingerprint density at radius 3 is 3.05 bits per heavy atom. The van der Waals surface area contributed by atoms with Gasteiger partial charge in [0.05, 0.1) is 11.6 Å². The second-order valence-electron chi connectivity index (χ2n) is 4.94. The topological polar surface area (TPSA) is 55.7 Å². The normalized spacial score (nSPS) is 18.9. The van der Waals surface area contributed by atoms with Gasteiger partial charge in [-0.3, -0.25) is 0 Å². The van der Waals surface area contributed by atoms with E-state index in [4.69, 9.17) is 21.2 Å². The van der Waals surface area contributed by atoms with Gasteiger partial charge in [-0.05, 0) is 18.9 Å². The van der Waals surface area contributed by atoms with Crippen molar-refractivity contribution in [3.63, 3.8) is 0 Å². The molecule has 1 aromatic heterocycles. The zero-order valence-electron chi connectivity index (χ0n) is 11.8. The molecule has 0 aliphatic carbocycles. The summed E-state index contributed by atoms with van der Waals surface area (Å²) in [5.74, 6) is 0. The largest absolute Gasteiger partial charge is 0.351 e. The van der Waals surface area contributed by atoms with Crippen molar-refractivity contribution in [1.82, 2.24) is 14.9 Å². The molecule has 0 saturated carbocycles. The van der Waals surface area contributed by atoms with Gasteiger partial charge in [0, 0.05) is 39.0 Å². The predicted octanol–water partition coefficient (Wildman–Crippen LogP) is 2.28. The van der Waals surface area contributed by atoms with Crippen LogP contribution in [0.1, 0.15) is 25.0 Å². The predicted molar refractivity (Wildman–Crippen MR) is 75.1 cm³/mol. The fourth-order valence-corrected chi connectivity index (χ4v) is 2.31. The van der Waals surface area contributed by atoms with Gasteiger partial charge < -0.3 is 14.2 Å². The average molecular weight is 302 g/mol. The molecule has 2 heterocycles. The van der Waals surface area contributed by atoms with E-state index in [0.29, 0.717) is 18.2 Å². The van der Waals surface area contributed by atoms with E-state index in [2.05, 4.69) is 5.48 Å². The molecule has 1 atom stereocenters. The van der Waals surface area contributed by atoms with Gasteiger partial charge in [0.15, 0.2) is 6.29 Å². The van der Waals surface area contributed by atoms with Gasteiger partial charge in [0.1, 0.15) is 0 Å². The summed E-state index contributed by atoms with van der Waals surface area (Å²) in [4.78, 5) is 18.7. The van der Waals surface area contributed by atoms with Gasteiger partial charge in [-0.1, -0.05) is 11.6 Å². The molecule has 1 aliphatic heterocycles. The number of halogens is 1. The number of rotatable bonds is 4. The molecule has 0 radical (unpaired) electrons. The number of aryl methyl sites for hydroxylation is 1. The smallest absolute Gasteiger partial charge is 0.341 e. The Bertz CT molecular complexity index is 458. The minimum atomic E-state index is -0.342. The standard InChI is InChI=1S/C13H20ClN3O3/c1-16-8-10(14)7-11(16)9-17(2)13(18)15-20-12-5-3-4-6-19-12/h7-8,12H,3-6,9H2,1-2H3,(H,15,18)/t12-/m0/s1. The number of urea groups is 1. The minimum Gasteiger partial charge on any atom is -0.351 e. The van der Waals surface area contributed by atoms with Crippen LogP contribution in [0.3, 0.4) is 0 Å². The van der Waals surface area contributed by atoms with Crippen molar-refractivity contribution in [1.29, 1.82) is 0 Å². The number of amides is 2. The number of hydrogen-bond donors (Lipinski definition) is 1. The molecule has 1 N–H and O–H groups in total. The third-order valence-electron chi connectivity index (χ3n) is 3.24. The van der Waals surface area contributed by atoms with Gasteiger partial charge in [-0.25, -0.2) is 15.1 Å². The third-order valence-corrected chi connectivity index (χ3v) is 3.44. The van der Waals surface area contributed by atoms with Gasteiger partial charge >= 0.3 is 6.03 Å². The first-order valence-corrected chi connectivity index (χ1v) is 7.03. The summed E-state index contributed by atoms with van der Waals surface area (Å²) in [5, 5.41) is 0.656. The first-order chi connectivity index (χ1) is 9.56. The lowest BCUT2D eigenvalue weighted by atomic mass is 10.2. The van der Waals surface area contributed by atoms with E-state index < -0.39 is 0 Å². The molecular formula is C13H20ClN3O3. The van der Waals surface area contributed by atoms with Gasteiger partial charge in [-0.2, -0.15) is 0 Å². The molecule has 0 bridgehead atoms. The maximum absolute atomic E-state index is 11.9. The molecule has 6 nitrogen and oxygen atoms in total. The van der Waals surface area contributed by atoms with E-state index in [0.717, 1.165) is 25.0 Å². The van der Waals surface area contributed by atoms with Crippen molar-refractivity contribution in [2.75, 3.05) is 13.7 Å². The maximum Gasteiger partial charge on any atom is 0.341 e. The molecule has 2 amide bonds. The van der Waals surface area contributed by atoms with Gasteiger partial charge in [0.25, 0.3) is 0 Å². The lowest BCUT2D eigenvalue weighted by Crippen LogP contribution is -2.40. The molecule has 20 heavy (non-hydrogen) atoms. The quantitative estimate of drug-likeness (QED) is 0.868. The van der Waals surface area contributed by atoms with Gasteiger partial charge in [0.2, 0.25) is 0 Å². The maximum atomic E-state index is 11.9. The molecule has 0 spiro atoms. The Morgan fingerprint density at radius 2 is 2.45 bits per heavy atom. The van der Waals surface area contributed by atoms with E-state index in [9.17, 15) is 4.79 Å². The first-order valence-electron chi connectivity index (χ1n) is 6.65. The van der Waals surface area contributed by atoms with Crippen molar-refractivity contribution in [3.8, 4) is 0 Å². The highest BCUT2D eigenvalue weighted by Crippen LogP contribution is 2.15. The Kier molecular flexibility index (Phi) is 5.28. The second-order valence-corrected chi connectivity index (χ2v) is 5.37. The van der Waals surface area contributed by atoms with Crippen LogP contribution in [0.5, 0.6) is 0 Å². The molecule has 7 heteroatoms. The highest BCUT2D eigenvalue weighted by atomic mass is 35.5. The van der Waals surface area contributed by atoms with Crippen LogP contribution in [0.25, 0.3) is 0 Å². The summed E-state index contributed by atoms with van der Waals surface area (Å²) in [6, 6.07) is 1.52. The van der Waals surface area contributed by atoms with Crippen molar-refractivity contribution in [2.45, 2.75) is 32.1 Å². The monoisotopic (exact) mass is 301 g/mol. The Hall–Kier alpha value is -1.24. The molecule has 1 aromatic rings. The van der Waals surface area contributed by atoms with Crippen LogP contribution >= 0.6 is 11.6 Å². The summed E-state index contributed by atoms with van der Waals surface area (Å²) in [6.45, 7) is 1.13. The van der Waals surface area contributed by atoms with Crippen LogP contribution in [-0.4, -0.2) is 35.4 Å². The molecule has 2 rings (SSSR count). The van der Waals surface area contributed by atoms with Crippen LogP contribution in [0, 0.1) is 0 Å². The Labute approximate surface area is 123 Å². The SMILES string of the molecule is CN(Cc1cc(Cl)cn1C)C(=O)NO[C@H]1CCCCO1. The molecular weight excluding hydrogens is 282 g/mol. The zero-order valence-corrected chi connectivity index (χ0v) is 12.5. The summed E-state index contributed by atoms with van der Waals surface area (Å²) < 4.78 is 7.26. The van der Waals surface area contributed by atoms with Crippen LogP contribution in [0.15, 0.2) is 12.3 Å². The van der Waals surface area contributed by atoms with E-state index >= 15 is 0 Å². The summed E-state index contributed by atoms with van der Waals surface area (Å²) >= 11 is 5.91. The van der Waals surface area contributed by atoms with Crippen LogP contribution < -0.4 is 5.48 Å². The number of nitrogens with one attached hydrogen (secondary N) is 1. The number of hydroxylamine groups is 1. The van der Waals surface area contributed by atoms with Crippen molar-refractivity contribution < 1.29 is 14.4 Å². The summed E-state index contributed by atoms with van der Waals surface area (Å²) in [5.41, 5.74) is 3.36. The third kappa shape index (κ3) is 4.13. The second kappa shape index (κ2) is 6.97. The molecule has 1 aliphatic rings. The molecule has 0 aromatic carbocycles. The summed E-state index contributed by atoms with van der Waals surface area (Å²) in [6.07, 6.45) is 4.36. The molecule has 0 unspecified atom stereocenters. The highest BCUT2D eigenvalue weighted by molar-refractivity contribution is 6.30. The Balaban J connectivity index is 1.78. The van der Waals surface area contributed by atoms with Crippen LogP contribution in [0.4, 0.5) is 4.79 Å². The lowest BCUT2D eigenvalue weighted by Gasteiger charge is -2.24. The number of nitrogens with zero attached hydrogens (tertiary/aromatic N) is 2. The van der Waals surface area contributed by atoms with Crippen LogP contribution in [0.2, 0.25) is 5.02 Å². The van der Waals surface area contributed by atoms with Crippen molar-refractivity contribution >= 4 is 17.6 Å². The number of carbonyl (C=O) groups excluding carboxylic acids is 1. The Morgan fingerprint density at radius 1 is 1.65 bits per heavy atom. The first kappa shape index (κ1) is 15.2. The van der Waals surface area contributed by atoms with E-state index in [1.54, 1.807) is 13.2 Å². The molecule has 1 saturated heterocycles. The van der Waals surface area contributed by atoms with Crippen molar-refractivity contribution in [2.24, 2.45) is 7.05 Å². The molecule has 112 valence electrons.